The number of rotatable bonds is 4. The van der Waals surface area contributed by atoms with E-state index in [4.69, 9.17) is 9.47 Å². The summed E-state index contributed by atoms with van der Waals surface area (Å²) < 4.78 is 9.94. The summed E-state index contributed by atoms with van der Waals surface area (Å²) in [6.07, 6.45) is 3.99. The Balaban J connectivity index is 2.58. The molecule has 13 heavy (non-hydrogen) atoms. The van der Waals surface area contributed by atoms with Gasteiger partial charge in [-0.15, -0.1) is 0 Å². The van der Waals surface area contributed by atoms with Crippen molar-refractivity contribution in [2.45, 2.75) is 0 Å². The van der Waals surface area contributed by atoms with Gasteiger partial charge in [-0.25, -0.2) is 0 Å². The van der Waals surface area contributed by atoms with E-state index < -0.39 is 0 Å². The van der Waals surface area contributed by atoms with Crippen LogP contribution in [0.2, 0.25) is 0 Å². The lowest BCUT2D eigenvalue weighted by Gasteiger charge is -1.98. The number of benzene rings is 1. The maximum absolute atomic E-state index is 5.05. The smallest absolute Gasteiger partial charge is 0.118 e. The first kappa shape index (κ1) is 9.81. The monoisotopic (exact) mass is 178 g/mol. The molecular weight excluding hydrogens is 164 g/mol. The number of hydrogen-bond donors (Lipinski definition) is 0. The van der Waals surface area contributed by atoms with Crippen LogP contribution in [0.4, 0.5) is 0 Å². The van der Waals surface area contributed by atoms with Gasteiger partial charge in [0.1, 0.15) is 5.75 Å². The van der Waals surface area contributed by atoms with Gasteiger partial charge in [-0.05, 0) is 17.7 Å². The fourth-order valence-electron chi connectivity index (χ4n) is 0.995. The Bertz CT molecular complexity index is 262. The summed E-state index contributed by atoms with van der Waals surface area (Å²) in [5.41, 5.74) is 1.15. The highest BCUT2D eigenvalue weighted by molar-refractivity contribution is 5.50. The van der Waals surface area contributed by atoms with Crippen LogP contribution in [0.1, 0.15) is 5.56 Å². The highest BCUT2D eigenvalue weighted by Crippen LogP contribution is 2.11. The molecule has 0 bridgehead atoms. The minimum atomic E-state index is 0.645. The van der Waals surface area contributed by atoms with Crippen molar-refractivity contribution in [2.24, 2.45) is 0 Å². The van der Waals surface area contributed by atoms with Crippen molar-refractivity contribution >= 4 is 6.08 Å². The van der Waals surface area contributed by atoms with Crippen molar-refractivity contribution in [3.8, 4) is 5.75 Å². The lowest BCUT2D eigenvalue weighted by molar-refractivity contribution is 0.234. The first-order valence-corrected chi connectivity index (χ1v) is 4.16. The van der Waals surface area contributed by atoms with Gasteiger partial charge in [-0.3, -0.25) is 0 Å². The Morgan fingerprint density at radius 1 is 1.15 bits per heavy atom. The molecule has 0 saturated carbocycles. The van der Waals surface area contributed by atoms with Crippen LogP contribution in [-0.2, 0) is 4.74 Å². The molecule has 0 fully saturated rings. The molecule has 2 nitrogen and oxygen atoms in total. The van der Waals surface area contributed by atoms with Crippen molar-refractivity contribution in [3.63, 3.8) is 0 Å². The topological polar surface area (TPSA) is 18.5 Å². The number of ether oxygens (including phenoxy) is 2. The SMILES string of the molecule is COC/C=C/c1ccc(OC)cc1. The molecule has 0 unspecified atom stereocenters. The first-order chi connectivity index (χ1) is 6.36. The van der Waals surface area contributed by atoms with Crippen LogP contribution in [0.15, 0.2) is 30.3 Å². The van der Waals surface area contributed by atoms with Crippen LogP contribution in [0.3, 0.4) is 0 Å². The number of hydrogen-bond acceptors (Lipinski definition) is 2. The summed E-state index contributed by atoms with van der Waals surface area (Å²) in [6.45, 7) is 0.645. The van der Waals surface area contributed by atoms with Crippen molar-refractivity contribution < 1.29 is 9.47 Å². The summed E-state index contributed by atoms with van der Waals surface area (Å²) in [5, 5.41) is 0. The summed E-state index contributed by atoms with van der Waals surface area (Å²) >= 11 is 0. The van der Waals surface area contributed by atoms with E-state index in [1.165, 1.54) is 0 Å². The van der Waals surface area contributed by atoms with Gasteiger partial charge in [0.15, 0.2) is 0 Å². The van der Waals surface area contributed by atoms with Crippen LogP contribution in [0.25, 0.3) is 6.08 Å². The Morgan fingerprint density at radius 2 is 1.85 bits per heavy atom. The molecule has 1 aromatic rings. The molecule has 0 aliphatic carbocycles. The Morgan fingerprint density at radius 3 is 2.38 bits per heavy atom. The summed E-state index contributed by atoms with van der Waals surface area (Å²) in [4.78, 5) is 0. The molecule has 1 rings (SSSR count). The summed E-state index contributed by atoms with van der Waals surface area (Å²) in [6, 6.07) is 7.88. The van der Waals surface area contributed by atoms with E-state index in [2.05, 4.69) is 0 Å². The highest BCUT2D eigenvalue weighted by atomic mass is 16.5. The molecule has 0 heterocycles. The van der Waals surface area contributed by atoms with E-state index in [9.17, 15) is 0 Å². The van der Waals surface area contributed by atoms with Crippen LogP contribution in [0.5, 0.6) is 5.75 Å². The molecule has 0 atom stereocenters. The van der Waals surface area contributed by atoms with E-state index in [0.29, 0.717) is 6.61 Å². The van der Waals surface area contributed by atoms with Crippen molar-refractivity contribution in [3.05, 3.63) is 35.9 Å². The summed E-state index contributed by atoms with van der Waals surface area (Å²) in [5.74, 6) is 0.879. The van der Waals surface area contributed by atoms with E-state index in [0.717, 1.165) is 11.3 Å². The normalized spacial score (nSPS) is 10.6. The fraction of sp³-hybridized carbons (Fsp3) is 0.273. The standard InChI is InChI=1S/C11H14O2/c1-12-9-3-4-10-5-7-11(13-2)8-6-10/h3-8H,9H2,1-2H3/b4-3+. The van der Waals surface area contributed by atoms with Gasteiger partial charge in [0.25, 0.3) is 0 Å². The average molecular weight is 178 g/mol. The van der Waals surface area contributed by atoms with Gasteiger partial charge in [-0.1, -0.05) is 24.3 Å². The van der Waals surface area contributed by atoms with Gasteiger partial charge in [0, 0.05) is 7.11 Å². The van der Waals surface area contributed by atoms with Gasteiger partial charge >= 0.3 is 0 Å². The molecule has 0 N–H and O–H groups in total. The highest BCUT2D eigenvalue weighted by Gasteiger charge is 1.88. The third kappa shape index (κ3) is 3.30. The third-order valence-corrected chi connectivity index (χ3v) is 1.69. The lowest BCUT2D eigenvalue weighted by Crippen LogP contribution is -1.82. The Kier molecular flexibility index (Phi) is 4.06. The molecule has 70 valence electrons. The van der Waals surface area contributed by atoms with E-state index in [1.54, 1.807) is 14.2 Å². The molecular formula is C11H14O2. The quantitative estimate of drug-likeness (QED) is 0.704. The zero-order chi connectivity index (χ0) is 9.52. The molecule has 2 heteroatoms. The van der Waals surface area contributed by atoms with Crippen LogP contribution in [0, 0.1) is 0 Å². The van der Waals surface area contributed by atoms with Crippen molar-refractivity contribution in [1.82, 2.24) is 0 Å². The first-order valence-electron chi connectivity index (χ1n) is 4.16. The van der Waals surface area contributed by atoms with Gasteiger partial charge in [0.05, 0.1) is 13.7 Å². The second-order valence-electron chi connectivity index (χ2n) is 2.63. The van der Waals surface area contributed by atoms with Gasteiger partial charge in [0.2, 0.25) is 0 Å². The molecule has 0 aliphatic heterocycles. The van der Waals surface area contributed by atoms with Crippen LogP contribution >= 0.6 is 0 Å². The molecule has 1 aromatic carbocycles. The zero-order valence-corrected chi connectivity index (χ0v) is 7.99. The average Bonchev–Trinajstić information content (AvgIpc) is 2.19. The molecule has 0 aromatic heterocycles. The van der Waals surface area contributed by atoms with E-state index >= 15 is 0 Å². The minimum absolute atomic E-state index is 0.645. The fourth-order valence-corrected chi connectivity index (χ4v) is 0.995. The van der Waals surface area contributed by atoms with Gasteiger partial charge in [-0.2, -0.15) is 0 Å². The maximum atomic E-state index is 5.05. The second kappa shape index (κ2) is 5.38. The molecule has 0 saturated heterocycles. The van der Waals surface area contributed by atoms with Gasteiger partial charge < -0.3 is 9.47 Å². The molecule has 0 amide bonds. The predicted molar refractivity (Wildman–Crippen MR) is 53.9 cm³/mol. The number of methoxy groups -OCH3 is 2. The Labute approximate surface area is 78.8 Å². The van der Waals surface area contributed by atoms with E-state index in [-0.39, 0.29) is 0 Å². The van der Waals surface area contributed by atoms with Crippen molar-refractivity contribution in [2.75, 3.05) is 20.8 Å². The van der Waals surface area contributed by atoms with Crippen LogP contribution in [-0.4, -0.2) is 20.8 Å². The second-order valence-corrected chi connectivity index (χ2v) is 2.63. The predicted octanol–water partition coefficient (Wildman–Crippen LogP) is 2.35. The third-order valence-electron chi connectivity index (χ3n) is 1.69. The van der Waals surface area contributed by atoms with Crippen LogP contribution < -0.4 is 4.74 Å². The molecule has 0 aliphatic rings. The maximum Gasteiger partial charge on any atom is 0.118 e. The molecule has 0 radical (unpaired) electrons. The zero-order valence-electron chi connectivity index (χ0n) is 7.99. The largest absolute Gasteiger partial charge is 0.497 e. The minimum Gasteiger partial charge on any atom is -0.497 e. The summed E-state index contributed by atoms with van der Waals surface area (Å²) in [7, 11) is 3.34. The lowest BCUT2D eigenvalue weighted by atomic mass is 10.2. The Hall–Kier alpha value is -1.28. The van der Waals surface area contributed by atoms with Crippen molar-refractivity contribution in [1.29, 1.82) is 0 Å². The van der Waals surface area contributed by atoms with E-state index in [1.807, 2.05) is 36.4 Å². The molecule has 0 spiro atoms.